The number of halogens is 8. The smallest absolute Gasteiger partial charge is 0.398 e. The Bertz CT molecular complexity index is 1380. The fourth-order valence-corrected chi connectivity index (χ4v) is 5.31. The van der Waals surface area contributed by atoms with Gasteiger partial charge in [0.15, 0.2) is 34.8 Å². The van der Waals surface area contributed by atoms with Crippen LogP contribution in [-0.4, -0.2) is 12.7 Å². The van der Waals surface area contributed by atoms with Crippen LogP contribution in [0.4, 0.5) is 35.1 Å². The number of rotatable bonds is 10. The van der Waals surface area contributed by atoms with Gasteiger partial charge in [0.1, 0.15) is 0 Å². The van der Waals surface area contributed by atoms with Gasteiger partial charge < -0.3 is 9.47 Å². The van der Waals surface area contributed by atoms with Gasteiger partial charge in [0.05, 0.1) is 13.0 Å². The van der Waals surface area contributed by atoms with Crippen molar-refractivity contribution in [1.29, 1.82) is 0 Å². The van der Waals surface area contributed by atoms with Gasteiger partial charge in [-0.2, -0.15) is 17.6 Å². The minimum absolute atomic E-state index is 0.0648. The highest BCUT2D eigenvalue weighted by Gasteiger charge is 2.34. The summed E-state index contributed by atoms with van der Waals surface area (Å²) in [6.45, 7) is 3.70. The Hall–Kier alpha value is -3.30. The van der Waals surface area contributed by atoms with E-state index in [0.717, 1.165) is 43.5 Å². The van der Waals surface area contributed by atoms with E-state index >= 15 is 8.78 Å². The molecule has 10 heteroatoms. The van der Waals surface area contributed by atoms with Crippen LogP contribution in [0.1, 0.15) is 69.4 Å². The van der Waals surface area contributed by atoms with Gasteiger partial charge in [-0.1, -0.05) is 31.5 Å². The molecule has 1 aliphatic rings. The Balaban J connectivity index is 1.50. The molecule has 0 heterocycles. The van der Waals surface area contributed by atoms with Gasteiger partial charge in [0.25, 0.3) is 0 Å². The Morgan fingerprint density at radius 1 is 0.683 bits per heavy atom. The normalized spacial score (nSPS) is 17.5. The molecule has 2 nitrogen and oxygen atoms in total. The topological polar surface area (TPSA) is 18.5 Å². The maximum atomic E-state index is 15.0. The molecule has 1 fully saturated rings. The third-order valence-electron chi connectivity index (χ3n) is 7.68. The molecule has 0 saturated heterocycles. The van der Waals surface area contributed by atoms with E-state index in [1.54, 1.807) is 6.92 Å². The highest BCUT2D eigenvalue weighted by Crippen LogP contribution is 2.41. The molecule has 0 aliphatic heterocycles. The van der Waals surface area contributed by atoms with Crippen LogP contribution in [0.25, 0.3) is 11.1 Å². The summed E-state index contributed by atoms with van der Waals surface area (Å²) in [4.78, 5) is 0. The number of ether oxygens (including phenoxy) is 2. The molecule has 3 aromatic rings. The lowest BCUT2D eigenvalue weighted by molar-refractivity contribution is -0.181. The second-order valence-electron chi connectivity index (χ2n) is 10.2. The fraction of sp³-hybridized carbons (Fsp3) is 0.419. The Morgan fingerprint density at radius 2 is 1.27 bits per heavy atom. The van der Waals surface area contributed by atoms with Crippen molar-refractivity contribution in [3.8, 4) is 22.6 Å². The Labute approximate surface area is 233 Å². The van der Waals surface area contributed by atoms with E-state index < -0.39 is 76.3 Å². The van der Waals surface area contributed by atoms with Crippen LogP contribution in [0.15, 0.2) is 36.4 Å². The lowest BCUT2D eigenvalue weighted by atomic mass is 9.77. The van der Waals surface area contributed by atoms with Crippen LogP contribution in [0.5, 0.6) is 11.5 Å². The average molecular weight is 587 g/mol. The van der Waals surface area contributed by atoms with Crippen molar-refractivity contribution in [3.05, 3.63) is 82.4 Å². The molecule has 0 N–H and O–H groups in total. The van der Waals surface area contributed by atoms with Gasteiger partial charge >= 0.3 is 6.11 Å². The second-order valence-corrected chi connectivity index (χ2v) is 10.2. The SMILES string of the molecule is CCOc1ccc(CCC(F)(F)Oc2ccc(-c3ccc(C4CCC(CC)CC4)c(F)c3F)c(F)c2F)c(F)c1F. The number of benzene rings is 3. The standard InChI is InChI=1S/C31H30F8O2/c1-3-17-5-7-18(8-6-17)20-10-11-21(27(34)26(20)33)22-12-14-24(30(37)28(22)35)41-31(38,39)16-15-19-9-13-23(40-4-2)29(36)25(19)32/h9-14,17-18H,3-8,15-16H2,1-2H3. The van der Waals surface area contributed by atoms with Crippen LogP contribution < -0.4 is 9.47 Å². The highest BCUT2D eigenvalue weighted by molar-refractivity contribution is 5.67. The summed E-state index contributed by atoms with van der Waals surface area (Å²) < 4.78 is 126. The fourth-order valence-electron chi connectivity index (χ4n) is 5.31. The molecule has 0 amide bonds. The minimum atomic E-state index is -4.11. The van der Waals surface area contributed by atoms with Crippen LogP contribution in [-0.2, 0) is 6.42 Å². The van der Waals surface area contributed by atoms with Crippen molar-refractivity contribution in [2.45, 2.75) is 70.8 Å². The average Bonchev–Trinajstić information content (AvgIpc) is 2.95. The Kier molecular flexibility index (Phi) is 9.49. The summed E-state index contributed by atoms with van der Waals surface area (Å²) in [6, 6.07) is 6.16. The lowest BCUT2D eigenvalue weighted by Gasteiger charge is -2.28. The summed E-state index contributed by atoms with van der Waals surface area (Å²) in [5.74, 6) is -9.95. The van der Waals surface area contributed by atoms with E-state index in [-0.39, 0.29) is 23.8 Å². The first-order valence-corrected chi connectivity index (χ1v) is 13.6. The number of hydrogen-bond donors (Lipinski definition) is 0. The Morgan fingerprint density at radius 3 is 1.90 bits per heavy atom. The molecule has 3 aromatic carbocycles. The monoisotopic (exact) mass is 586 g/mol. The van der Waals surface area contributed by atoms with Gasteiger partial charge in [0, 0.05) is 11.1 Å². The minimum Gasteiger partial charge on any atom is -0.491 e. The van der Waals surface area contributed by atoms with Crippen molar-refractivity contribution >= 4 is 0 Å². The van der Waals surface area contributed by atoms with Crippen molar-refractivity contribution in [2.24, 2.45) is 5.92 Å². The molecule has 1 saturated carbocycles. The van der Waals surface area contributed by atoms with E-state index in [9.17, 15) is 26.3 Å². The molecular formula is C31H30F8O2. The summed E-state index contributed by atoms with van der Waals surface area (Å²) in [5, 5.41) is 0. The predicted octanol–water partition coefficient (Wildman–Crippen LogP) is 9.88. The van der Waals surface area contributed by atoms with Gasteiger partial charge in [-0.3, -0.25) is 0 Å². The van der Waals surface area contributed by atoms with Crippen LogP contribution in [0.3, 0.4) is 0 Å². The van der Waals surface area contributed by atoms with E-state index in [0.29, 0.717) is 24.8 Å². The molecular weight excluding hydrogens is 556 g/mol. The molecule has 4 rings (SSSR count). The number of alkyl halides is 2. The summed E-state index contributed by atoms with van der Waals surface area (Å²) in [7, 11) is 0. The van der Waals surface area contributed by atoms with Crippen molar-refractivity contribution in [1.82, 2.24) is 0 Å². The van der Waals surface area contributed by atoms with Gasteiger partial charge in [-0.05, 0) is 80.2 Å². The first kappa shape index (κ1) is 30.7. The van der Waals surface area contributed by atoms with E-state index in [2.05, 4.69) is 11.7 Å². The van der Waals surface area contributed by atoms with E-state index in [1.165, 1.54) is 6.07 Å². The number of hydrogen-bond acceptors (Lipinski definition) is 2. The molecule has 41 heavy (non-hydrogen) atoms. The van der Waals surface area contributed by atoms with Crippen molar-refractivity contribution < 1.29 is 44.6 Å². The summed E-state index contributed by atoms with van der Waals surface area (Å²) in [5.41, 5.74) is -1.44. The first-order chi connectivity index (χ1) is 19.5. The van der Waals surface area contributed by atoms with Gasteiger partial charge in [-0.25, -0.2) is 17.6 Å². The molecule has 0 spiro atoms. The molecule has 0 unspecified atom stereocenters. The molecule has 0 bridgehead atoms. The van der Waals surface area contributed by atoms with E-state index in [1.807, 2.05) is 0 Å². The second kappa shape index (κ2) is 12.7. The highest BCUT2D eigenvalue weighted by atomic mass is 19.3. The van der Waals surface area contributed by atoms with Gasteiger partial charge in [0.2, 0.25) is 11.6 Å². The molecule has 1 aliphatic carbocycles. The molecule has 0 radical (unpaired) electrons. The summed E-state index contributed by atoms with van der Waals surface area (Å²) in [6.07, 6.45) is -1.81. The predicted molar refractivity (Wildman–Crippen MR) is 138 cm³/mol. The quantitative estimate of drug-likeness (QED) is 0.220. The zero-order valence-electron chi connectivity index (χ0n) is 22.6. The van der Waals surface area contributed by atoms with Crippen molar-refractivity contribution in [3.63, 3.8) is 0 Å². The third kappa shape index (κ3) is 6.62. The first-order valence-electron chi connectivity index (χ1n) is 13.6. The number of aryl methyl sites for hydroxylation is 1. The molecule has 0 atom stereocenters. The summed E-state index contributed by atoms with van der Waals surface area (Å²) >= 11 is 0. The zero-order valence-corrected chi connectivity index (χ0v) is 22.6. The maximum absolute atomic E-state index is 15.0. The van der Waals surface area contributed by atoms with Crippen molar-refractivity contribution in [2.75, 3.05) is 6.61 Å². The maximum Gasteiger partial charge on any atom is 0.398 e. The van der Waals surface area contributed by atoms with Crippen LogP contribution in [0, 0.1) is 40.8 Å². The molecule has 222 valence electrons. The van der Waals surface area contributed by atoms with Gasteiger partial charge in [-0.15, -0.1) is 0 Å². The third-order valence-corrected chi connectivity index (χ3v) is 7.68. The van der Waals surface area contributed by atoms with Crippen LogP contribution in [0.2, 0.25) is 0 Å². The van der Waals surface area contributed by atoms with E-state index in [4.69, 9.17) is 4.74 Å². The molecule has 0 aromatic heterocycles. The largest absolute Gasteiger partial charge is 0.491 e. The zero-order chi connectivity index (χ0) is 29.9. The lowest BCUT2D eigenvalue weighted by Crippen LogP contribution is -2.26. The van der Waals surface area contributed by atoms with Crippen LogP contribution >= 0.6 is 0 Å².